The van der Waals surface area contributed by atoms with Gasteiger partial charge in [0, 0.05) is 11.4 Å². The lowest BCUT2D eigenvalue weighted by atomic mass is 10.1. The number of H-pyrrole nitrogens is 1. The summed E-state index contributed by atoms with van der Waals surface area (Å²) in [6, 6.07) is 8.03. The molecule has 5 nitrogen and oxygen atoms in total. The van der Waals surface area contributed by atoms with Crippen LogP contribution in [0.3, 0.4) is 0 Å². The molecule has 2 aromatic rings. The molecule has 2 N–H and O–H groups in total. The highest BCUT2D eigenvalue weighted by molar-refractivity contribution is 7.99. The van der Waals surface area contributed by atoms with Gasteiger partial charge in [-0.2, -0.15) is 5.26 Å². The molecule has 0 atom stereocenters. The molecule has 6 heteroatoms. The van der Waals surface area contributed by atoms with Gasteiger partial charge in [0.15, 0.2) is 0 Å². The van der Waals surface area contributed by atoms with Crippen molar-refractivity contribution in [1.82, 2.24) is 20.5 Å². The van der Waals surface area contributed by atoms with Crippen LogP contribution in [0.15, 0.2) is 28.3 Å². The van der Waals surface area contributed by atoms with Crippen molar-refractivity contribution in [2.45, 2.75) is 23.5 Å². The van der Waals surface area contributed by atoms with Crippen LogP contribution in [0.1, 0.15) is 17.0 Å². The van der Waals surface area contributed by atoms with Gasteiger partial charge in [-0.25, -0.2) is 4.98 Å². The molecule has 1 aromatic heterocycles. The van der Waals surface area contributed by atoms with E-state index in [1.807, 2.05) is 32.2 Å². The maximum absolute atomic E-state index is 9.16. The molecule has 0 fully saturated rings. The molecule has 0 bridgehead atoms. The minimum absolute atomic E-state index is 0.630. The second-order valence-electron chi connectivity index (χ2n) is 3.78. The molecule has 0 saturated carbocycles. The zero-order chi connectivity index (χ0) is 13.0. The van der Waals surface area contributed by atoms with E-state index >= 15 is 0 Å². The molecule has 1 aromatic carbocycles. The van der Waals surface area contributed by atoms with E-state index < -0.39 is 0 Å². The summed E-state index contributed by atoms with van der Waals surface area (Å²) in [5, 5.41) is 19.7. The highest BCUT2D eigenvalue weighted by Crippen LogP contribution is 2.28. The molecule has 0 aliphatic heterocycles. The first-order chi connectivity index (χ1) is 8.72. The number of nitrogens with zero attached hydrogens (tertiary/aromatic N) is 3. The summed E-state index contributed by atoms with van der Waals surface area (Å²) in [6.07, 6.45) is 0. The average molecular weight is 259 g/mol. The number of hydrogen-bond acceptors (Lipinski definition) is 5. The predicted molar refractivity (Wildman–Crippen MR) is 69.2 cm³/mol. The Balaban J connectivity index is 2.25. The fourth-order valence-electron chi connectivity index (χ4n) is 1.53. The van der Waals surface area contributed by atoms with Gasteiger partial charge in [0.25, 0.3) is 0 Å². The van der Waals surface area contributed by atoms with Gasteiger partial charge in [-0.05, 0) is 43.4 Å². The second kappa shape index (κ2) is 5.67. The van der Waals surface area contributed by atoms with Gasteiger partial charge in [0.2, 0.25) is 5.16 Å². The highest BCUT2D eigenvalue weighted by Gasteiger charge is 2.08. The molecule has 0 unspecified atom stereocenters. The Morgan fingerprint density at radius 2 is 2.33 bits per heavy atom. The Bertz CT molecular complexity index is 584. The van der Waals surface area contributed by atoms with Gasteiger partial charge in [0.1, 0.15) is 11.9 Å². The lowest BCUT2D eigenvalue weighted by Gasteiger charge is -2.04. The molecule has 0 saturated heterocycles. The standard InChI is InChI=1S/C12H13N5S/c1-8-15-12(17-16-8)18-11-4-3-9(7-14-2)5-10(11)6-13/h3-5,14H,7H2,1-2H3,(H,15,16,17). The summed E-state index contributed by atoms with van der Waals surface area (Å²) in [5.41, 5.74) is 1.74. The van der Waals surface area contributed by atoms with Gasteiger partial charge in [-0.15, -0.1) is 5.10 Å². The van der Waals surface area contributed by atoms with Crippen molar-refractivity contribution in [2.75, 3.05) is 7.05 Å². The Morgan fingerprint density at radius 3 is 2.94 bits per heavy atom. The monoisotopic (exact) mass is 259 g/mol. The average Bonchev–Trinajstić information content (AvgIpc) is 2.77. The summed E-state index contributed by atoms with van der Waals surface area (Å²) < 4.78 is 0. The molecule has 0 spiro atoms. The minimum Gasteiger partial charge on any atom is -0.316 e. The van der Waals surface area contributed by atoms with Crippen molar-refractivity contribution in [3.8, 4) is 6.07 Å². The van der Waals surface area contributed by atoms with Gasteiger partial charge >= 0.3 is 0 Å². The van der Waals surface area contributed by atoms with Crippen molar-refractivity contribution in [1.29, 1.82) is 5.26 Å². The number of benzene rings is 1. The predicted octanol–water partition coefficient (Wildman–Crippen LogP) is 1.86. The maximum atomic E-state index is 9.16. The number of rotatable bonds is 4. The van der Waals surface area contributed by atoms with E-state index in [2.05, 4.69) is 26.6 Å². The van der Waals surface area contributed by atoms with Gasteiger partial charge in [-0.1, -0.05) is 6.07 Å². The van der Waals surface area contributed by atoms with E-state index in [0.717, 1.165) is 22.8 Å². The fourth-order valence-corrected chi connectivity index (χ4v) is 2.35. The first-order valence-corrected chi connectivity index (χ1v) is 6.29. The number of hydrogen-bond donors (Lipinski definition) is 2. The van der Waals surface area contributed by atoms with Crippen molar-refractivity contribution in [3.05, 3.63) is 35.2 Å². The topological polar surface area (TPSA) is 77.4 Å². The second-order valence-corrected chi connectivity index (χ2v) is 4.79. The minimum atomic E-state index is 0.630. The lowest BCUT2D eigenvalue weighted by molar-refractivity contribution is 0.816. The van der Waals surface area contributed by atoms with E-state index in [4.69, 9.17) is 5.26 Å². The summed E-state index contributed by atoms with van der Waals surface area (Å²) in [4.78, 5) is 5.09. The highest BCUT2D eigenvalue weighted by atomic mass is 32.2. The first-order valence-electron chi connectivity index (χ1n) is 5.47. The molecule has 0 amide bonds. The molecular weight excluding hydrogens is 246 g/mol. The summed E-state index contributed by atoms with van der Waals surface area (Å²) in [6.45, 7) is 2.59. The number of aromatic nitrogens is 3. The third-order valence-corrected chi connectivity index (χ3v) is 3.26. The Morgan fingerprint density at radius 1 is 1.50 bits per heavy atom. The SMILES string of the molecule is CNCc1ccc(Sc2n[nH]c(C)n2)c(C#N)c1. The summed E-state index contributed by atoms with van der Waals surface area (Å²) >= 11 is 1.39. The van der Waals surface area contributed by atoms with Crippen LogP contribution in [-0.4, -0.2) is 22.2 Å². The summed E-state index contributed by atoms with van der Waals surface area (Å²) in [7, 11) is 1.88. The zero-order valence-corrected chi connectivity index (χ0v) is 11.0. The number of aromatic amines is 1. The molecular formula is C12H13N5S. The fraction of sp³-hybridized carbons (Fsp3) is 0.250. The van der Waals surface area contributed by atoms with E-state index in [-0.39, 0.29) is 0 Å². The van der Waals surface area contributed by atoms with E-state index in [9.17, 15) is 0 Å². The quantitative estimate of drug-likeness (QED) is 0.876. The number of aryl methyl sites for hydroxylation is 1. The van der Waals surface area contributed by atoms with Crippen LogP contribution in [-0.2, 0) is 6.54 Å². The molecule has 92 valence electrons. The van der Waals surface area contributed by atoms with Crippen LogP contribution in [0.25, 0.3) is 0 Å². The van der Waals surface area contributed by atoms with Gasteiger partial charge in [0.05, 0.1) is 5.56 Å². The van der Waals surface area contributed by atoms with Crippen molar-refractivity contribution in [2.24, 2.45) is 0 Å². The molecule has 0 aliphatic rings. The zero-order valence-electron chi connectivity index (χ0n) is 10.2. The van der Waals surface area contributed by atoms with Crippen LogP contribution in [0, 0.1) is 18.3 Å². The van der Waals surface area contributed by atoms with Crippen molar-refractivity contribution in [3.63, 3.8) is 0 Å². The smallest absolute Gasteiger partial charge is 0.213 e. The van der Waals surface area contributed by atoms with Crippen molar-refractivity contribution >= 4 is 11.8 Å². The Hall–Kier alpha value is -1.84. The number of nitrogens with one attached hydrogen (secondary N) is 2. The summed E-state index contributed by atoms with van der Waals surface area (Å²) in [5.74, 6) is 0.766. The number of nitriles is 1. The maximum Gasteiger partial charge on any atom is 0.213 e. The van der Waals surface area contributed by atoms with Crippen LogP contribution in [0.2, 0.25) is 0 Å². The van der Waals surface area contributed by atoms with E-state index in [0.29, 0.717) is 10.7 Å². The van der Waals surface area contributed by atoms with E-state index in [1.165, 1.54) is 11.8 Å². The van der Waals surface area contributed by atoms with Crippen LogP contribution < -0.4 is 5.32 Å². The Labute approximate surface area is 110 Å². The van der Waals surface area contributed by atoms with Gasteiger partial charge < -0.3 is 5.32 Å². The third-order valence-electron chi connectivity index (χ3n) is 2.32. The molecule has 1 heterocycles. The van der Waals surface area contributed by atoms with Crippen LogP contribution in [0.4, 0.5) is 0 Å². The molecule has 18 heavy (non-hydrogen) atoms. The molecule has 0 aliphatic carbocycles. The Kier molecular flexibility index (Phi) is 3.97. The largest absolute Gasteiger partial charge is 0.316 e. The van der Waals surface area contributed by atoms with Gasteiger partial charge in [-0.3, -0.25) is 5.10 Å². The van der Waals surface area contributed by atoms with Crippen LogP contribution >= 0.6 is 11.8 Å². The van der Waals surface area contributed by atoms with Crippen molar-refractivity contribution < 1.29 is 0 Å². The van der Waals surface area contributed by atoms with Crippen LogP contribution in [0.5, 0.6) is 0 Å². The normalized spacial score (nSPS) is 10.3. The van der Waals surface area contributed by atoms with E-state index in [1.54, 1.807) is 0 Å². The molecule has 0 radical (unpaired) electrons. The third kappa shape index (κ3) is 2.88. The lowest BCUT2D eigenvalue weighted by Crippen LogP contribution is -2.05. The molecule has 2 rings (SSSR count). The first kappa shape index (κ1) is 12.6.